The van der Waals surface area contributed by atoms with Gasteiger partial charge in [0, 0.05) is 21.1 Å². The van der Waals surface area contributed by atoms with Crippen LogP contribution in [0.5, 0.6) is 0 Å². The molecule has 0 atom stereocenters. The fourth-order valence-corrected chi connectivity index (χ4v) is 0.0833. The number of hydrogen-bond acceptors (Lipinski definition) is 2. The third kappa shape index (κ3) is 4.37. The van der Waals surface area contributed by atoms with Crippen LogP contribution < -0.4 is 0 Å². The van der Waals surface area contributed by atoms with Crippen molar-refractivity contribution in [2.24, 2.45) is 0 Å². The van der Waals surface area contributed by atoms with Gasteiger partial charge in [-0.15, -0.1) is 12.4 Å². The van der Waals surface area contributed by atoms with Crippen molar-refractivity contribution in [1.82, 2.24) is 0 Å². The molecule has 0 amide bonds. The summed E-state index contributed by atoms with van der Waals surface area (Å²) in [5, 5.41) is 0. The van der Waals surface area contributed by atoms with Crippen LogP contribution >= 0.6 is 12.4 Å². The molecule has 0 saturated heterocycles. The zero-order chi connectivity index (χ0) is 5.91. The van der Waals surface area contributed by atoms with Crippen LogP contribution in [0.15, 0.2) is 0 Å². The minimum atomic E-state index is -0.667. The Bertz CT molecular complexity index is 48.4. The summed E-state index contributed by atoms with van der Waals surface area (Å²) >= 11 is 0. The van der Waals surface area contributed by atoms with Gasteiger partial charge < -0.3 is 9.47 Å². The summed E-state index contributed by atoms with van der Waals surface area (Å²) < 4.78 is 9.51. The molecule has 51 valence electrons. The predicted molar refractivity (Wildman–Crippen MR) is 35.0 cm³/mol. The molecule has 0 unspecified atom stereocenters. The van der Waals surface area contributed by atoms with Crippen LogP contribution in [0.25, 0.3) is 0 Å². The second-order valence-corrected chi connectivity index (χ2v) is 1.54. The Kier molecular flexibility index (Phi) is 5.71. The number of hydrogen-bond donors (Lipinski definition) is 0. The average molecular weight is 140 g/mol. The molecule has 0 aromatic carbocycles. The minimum absolute atomic E-state index is 0. The quantitative estimate of drug-likeness (QED) is 0.537. The van der Waals surface area contributed by atoms with E-state index in [0.717, 1.165) is 0 Å². The van der Waals surface area contributed by atoms with E-state index in [1.54, 1.807) is 21.1 Å². The standard InChI is InChI=1S/C5H11O2.ClH/c1-5(2,6-3)7-4;/h1H2,2-4H3;1H. The Balaban J connectivity index is 0. The number of ether oxygens (including phenoxy) is 2. The van der Waals surface area contributed by atoms with Gasteiger partial charge in [0.25, 0.3) is 0 Å². The average Bonchev–Trinajstić information content (AvgIpc) is 1.68. The molecule has 3 heteroatoms. The van der Waals surface area contributed by atoms with E-state index in [2.05, 4.69) is 6.92 Å². The van der Waals surface area contributed by atoms with Crippen molar-refractivity contribution in [3.05, 3.63) is 6.92 Å². The van der Waals surface area contributed by atoms with Crippen LogP contribution in [0.3, 0.4) is 0 Å². The Labute approximate surface area is 56.6 Å². The van der Waals surface area contributed by atoms with Gasteiger partial charge in [0.2, 0.25) is 0 Å². The molecule has 0 aromatic heterocycles. The van der Waals surface area contributed by atoms with Crippen LogP contribution in [0.1, 0.15) is 6.92 Å². The maximum Gasteiger partial charge on any atom is 0.164 e. The first-order chi connectivity index (χ1) is 3.12. The van der Waals surface area contributed by atoms with Crippen LogP contribution in [0.4, 0.5) is 0 Å². The summed E-state index contributed by atoms with van der Waals surface area (Å²) in [6.07, 6.45) is 0. The molecule has 0 aliphatic carbocycles. The molecule has 0 saturated carbocycles. The lowest BCUT2D eigenvalue weighted by Gasteiger charge is -2.19. The van der Waals surface area contributed by atoms with Crippen molar-refractivity contribution >= 4 is 12.4 Å². The maximum atomic E-state index is 4.75. The summed E-state index contributed by atoms with van der Waals surface area (Å²) in [6, 6.07) is 0. The van der Waals surface area contributed by atoms with Gasteiger partial charge in [-0.05, 0) is 6.92 Å². The third-order valence-electron chi connectivity index (χ3n) is 0.864. The normalized spacial score (nSPS) is 10.5. The molecule has 0 fully saturated rings. The highest BCUT2D eigenvalue weighted by molar-refractivity contribution is 5.85. The van der Waals surface area contributed by atoms with Gasteiger partial charge in [-0.25, -0.2) is 0 Å². The third-order valence-corrected chi connectivity index (χ3v) is 0.864. The molecular formula is C5H12ClO2. The second kappa shape index (κ2) is 4.13. The van der Waals surface area contributed by atoms with Gasteiger partial charge in [-0.1, -0.05) is 0 Å². The molecule has 8 heavy (non-hydrogen) atoms. The highest BCUT2D eigenvalue weighted by Crippen LogP contribution is 2.04. The van der Waals surface area contributed by atoms with E-state index in [-0.39, 0.29) is 12.4 Å². The molecule has 0 rings (SSSR count). The smallest absolute Gasteiger partial charge is 0.164 e. The Morgan fingerprint density at radius 1 is 1.25 bits per heavy atom. The summed E-state index contributed by atoms with van der Waals surface area (Å²) in [6.45, 7) is 5.31. The number of rotatable bonds is 2. The lowest BCUT2D eigenvalue weighted by molar-refractivity contribution is -0.158. The molecule has 0 heterocycles. The predicted octanol–water partition coefficient (Wildman–Crippen LogP) is 1.25. The van der Waals surface area contributed by atoms with E-state index in [4.69, 9.17) is 9.47 Å². The van der Waals surface area contributed by atoms with Crippen molar-refractivity contribution in [2.45, 2.75) is 12.7 Å². The molecule has 0 spiro atoms. The molecule has 1 radical (unpaired) electrons. The van der Waals surface area contributed by atoms with E-state index in [0.29, 0.717) is 0 Å². The highest BCUT2D eigenvalue weighted by atomic mass is 35.5. The van der Waals surface area contributed by atoms with Crippen LogP contribution in [-0.2, 0) is 9.47 Å². The van der Waals surface area contributed by atoms with Gasteiger partial charge in [0.15, 0.2) is 5.79 Å². The van der Waals surface area contributed by atoms with E-state index < -0.39 is 5.79 Å². The first-order valence-electron chi connectivity index (χ1n) is 2.08. The fraction of sp³-hybridized carbons (Fsp3) is 0.800. The van der Waals surface area contributed by atoms with Crippen molar-refractivity contribution in [3.63, 3.8) is 0 Å². The topological polar surface area (TPSA) is 18.5 Å². The van der Waals surface area contributed by atoms with Crippen LogP contribution in [-0.4, -0.2) is 20.0 Å². The molecule has 0 aliphatic rings. The molecule has 0 aromatic rings. The van der Waals surface area contributed by atoms with Crippen molar-refractivity contribution in [2.75, 3.05) is 14.2 Å². The van der Waals surface area contributed by atoms with Crippen LogP contribution in [0.2, 0.25) is 0 Å². The molecule has 0 bridgehead atoms. The number of halogens is 1. The first-order valence-corrected chi connectivity index (χ1v) is 2.08. The molecule has 0 aliphatic heterocycles. The first kappa shape index (κ1) is 11.1. The summed E-state index contributed by atoms with van der Waals surface area (Å²) in [5.74, 6) is -0.667. The van der Waals surface area contributed by atoms with E-state index >= 15 is 0 Å². The lowest BCUT2D eigenvalue weighted by atomic mass is 10.4. The van der Waals surface area contributed by atoms with E-state index in [1.165, 1.54) is 0 Å². The van der Waals surface area contributed by atoms with Gasteiger partial charge >= 0.3 is 0 Å². The summed E-state index contributed by atoms with van der Waals surface area (Å²) in [5.41, 5.74) is 0. The Morgan fingerprint density at radius 2 is 1.50 bits per heavy atom. The maximum absolute atomic E-state index is 4.75. The fourth-order valence-electron chi connectivity index (χ4n) is 0.0833. The van der Waals surface area contributed by atoms with E-state index in [1.807, 2.05) is 0 Å². The second-order valence-electron chi connectivity index (χ2n) is 1.54. The molecule has 2 nitrogen and oxygen atoms in total. The Morgan fingerprint density at radius 3 is 1.50 bits per heavy atom. The van der Waals surface area contributed by atoms with Crippen molar-refractivity contribution in [3.8, 4) is 0 Å². The lowest BCUT2D eigenvalue weighted by Crippen LogP contribution is -2.24. The minimum Gasteiger partial charge on any atom is -0.353 e. The molecular weight excluding hydrogens is 128 g/mol. The zero-order valence-corrected chi connectivity index (χ0v) is 6.25. The zero-order valence-electron chi connectivity index (χ0n) is 5.43. The Hall–Kier alpha value is 0.210. The molecule has 0 N–H and O–H groups in total. The number of methoxy groups -OCH3 is 2. The van der Waals surface area contributed by atoms with Gasteiger partial charge in [-0.3, -0.25) is 0 Å². The summed E-state index contributed by atoms with van der Waals surface area (Å²) in [4.78, 5) is 0. The SMILES string of the molecule is Cl.[CH2]C(C)(OC)OC. The monoisotopic (exact) mass is 139 g/mol. The van der Waals surface area contributed by atoms with Crippen molar-refractivity contribution in [1.29, 1.82) is 0 Å². The van der Waals surface area contributed by atoms with E-state index in [9.17, 15) is 0 Å². The van der Waals surface area contributed by atoms with Crippen LogP contribution in [0, 0.1) is 6.92 Å². The van der Waals surface area contributed by atoms with Gasteiger partial charge in [0.1, 0.15) is 0 Å². The largest absolute Gasteiger partial charge is 0.353 e. The van der Waals surface area contributed by atoms with Gasteiger partial charge in [0.05, 0.1) is 0 Å². The van der Waals surface area contributed by atoms with Crippen molar-refractivity contribution < 1.29 is 9.47 Å². The van der Waals surface area contributed by atoms with Gasteiger partial charge in [-0.2, -0.15) is 0 Å². The highest BCUT2D eigenvalue weighted by Gasteiger charge is 2.12. The summed E-state index contributed by atoms with van der Waals surface area (Å²) in [7, 11) is 3.10.